The van der Waals surface area contributed by atoms with Gasteiger partial charge in [-0.3, -0.25) is 5.43 Å². The molecule has 1 heterocycles. The second-order valence-corrected chi connectivity index (χ2v) is 4.26. The number of hydrazine groups is 1. The number of thioether (sulfide) groups is 1. The highest BCUT2D eigenvalue weighted by molar-refractivity contribution is 7.99. The van der Waals surface area contributed by atoms with Gasteiger partial charge in [0.25, 0.3) is 0 Å². The Hall–Kier alpha value is -0.850. The monoisotopic (exact) mass is 214 g/mol. The molecule has 1 atom stereocenters. The number of aliphatic hydroxyl groups is 1. The van der Waals surface area contributed by atoms with Crippen LogP contribution in [0.3, 0.4) is 0 Å². The van der Waals surface area contributed by atoms with Gasteiger partial charge < -0.3 is 5.11 Å². The van der Waals surface area contributed by atoms with Crippen LogP contribution in [0.5, 0.6) is 0 Å². The summed E-state index contributed by atoms with van der Waals surface area (Å²) in [5.41, 5.74) is 2.39. The molecule has 0 radical (unpaired) electrons. The van der Waals surface area contributed by atoms with Crippen molar-refractivity contribution in [1.29, 1.82) is 0 Å². The first-order valence-electron chi connectivity index (χ1n) is 4.33. The van der Waals surface area contributed by atoms with E-state index in [2.05, 4.69) is 15.4 Å². The van der Waals surface area contributed by atoms with Crippen molar-refractivity contribution in [3.05, 3.63) is 12.3 Å². The van der Waals surface area contributed by atoms with E-state index in [4.69, 9.17) is 10.9 Å². The smallest absolute Gasteiger partial charge is 0.238 e. The van der Waals surface area contributed by atoms with E-state index in [0.29, 0.717) is 11.2 Å². The average molecular weight is 214 g/mol. The number of aliphatic hydroxyl groups excluding tert-OH is 1. The van der Waals surface area contributed by atoms with Crippen molar-refractivity contribution >= 4 is 17.7 Å². The standard InChI is InChI=1S/C8H14N4OS/c1-6(3-5-13)14-7-2-4-10-8(11-7)12-9/h2,4,6,13H,3,5,9H2,1H3,(H,10,11,12). The highest BCUT2D eigenvalue weighted by Crippen LogP contribution is 2.22. The van der Waals surface area contributed by atoms with Gasteiger partial charge in [-0.1, -0.05) is 6.92 Å². The van der Waals surface area contributed by atoms with Crippen LogP contribution in [0, 0.1) is 0 Å². The third-order valence-corrected chi connectivity index (χ3v) is 2.72. The average Bonchev–Trinajstić information content (AvgIpc) is 2.18. The summed E-state index contributed by atoms with van der Waals surface area (Å²) in [4.78, 5) is 8.05. The Morgan fingerprint density at radius 1 is 1.71 bits per heavy atom. The molecule has 4 N–H and O–H groups in total. The van der Waals surface area contributed by atoms with Crippen molar-refractivity contribution in [1.82, 2.24) is 9.97 Å². The molecule has 78 valence electrons. The van der Waals surface area contributed by atoms with Gasteiger partial charge in [-0.2, -0.15) is 0 Å². The summed E-state index contributed by atoms with van der Waals surface area (Å²) < 4.78 is 0. The minimum Gasteiger partial charge on any atom is -0.396 e. The van der Waals surface area contributed by atoms with Crippen LogP contribution in [-0.4, -0.2) is 26.9 Å². The van der Waals surface area contributed by atoms with Gasteiger partial charge in [0.2, 0.25) is 5.95 Å². The van der Waals surface area contributed by atoms with Gasteiger partial charge in [-0.15, -0.1) is 11.8 Å². The van der Waals surface area contributed by atoms with Gasteiger partial charge >= 0.3 is 0 Å². The molecule has 1 aromatic heterocycles. The predicted octanol–water partition coefficient (Wildman–Crippen LogP) is 0.625. The van der Waals surface area contributed by atoms with Crippen LogP contribution in [0.1, 0.15) is 13.3 Å². The van der Waals surface area contributed by atoms with E-state index in [1.165, 1.54) is 0 Å². The molecule has 0 spiro atoms. The Morgan fingerprint density at radius 3 is 3.14 bits per heavy atom. The maximum Gasteiger partial charge on any atom is 0.238 e. The molecular formula is C8H14N4OS. The first-order chi connectivity index (χ1) is 6.76. The maximum absolute atomic E-state index is 8.74. The Morgan fingerprint density at radius 2 is 2.50 bits per heavy atom. The molecule has 0 saturated heterocycles. The predicted molar refractivity (Wildman–Crippen MR) is 56.9 cm³/mol. The summed E-state index contributed by atoms with van der Waals surface area (Å²) in [6.07, 6.45) is 2.40. The Balaban J connectivity index is 2.57. The lowest BCUT2D eigenvalue weighted by Crippen LogP contribution is -2.10. The van der Waals surface area contributed by atoms with E-state index < -0.39 is 0 Å². The number of nitrogens with zero attached hydrogens (tertiary/aromatic N) is 2. The van der Waals surface area contributed by atoms with Crippen LogP contribution in [-0.2, 0) is 0 Å². The largest absolute Gasteiger partial charge is 0.396 e. The topological polar surface area (TPSA) is 84.1 Å². The van der Waals surface area contributed by atoms with Crippen molar-refractivity contribution in [3.8, 4) is 0 Å². The van der Waals surface area contributed by atoms with Gasteiger partial charge in [-0.05, 0) is 12.5 Å². The minimum atomic E-state index is 0.196. The van der Waals surface area contributed by atoms with E-state index in [1.54, 1.807) is 18.0 Å². The van der Waals surface area contributed by atoms with Gasteiger partial charge in [0, 0.05) is 18.1 Å². The molecule has 0 bridgehead atoms. The number of hydrogen-bond acceptors (Lipinski definition) is 6. The summed E-state index contributed by atoms with van der Waals surface area (Å²) in [5, 5.41) is 9.93. The van der Waals surface area contributed by atoms with E-state index in [0.717, 1.165) is 11.4 Å². The zero-order chi connectivity index (χ0) is 10.4. The highest BCUT2D eigenvalue weighted by atomic mass is 32.2. The lowest BCUT2D eigenvalue weighted by molar-refractivity contribution is 0.289. The summed E-state index contributed by atoms with van der Waals surface area (Å²) in [6.45, 7) is 2.24. The van der Waals surface area contributed by atoms with Gasteiger partial charge in [-0.25, -0.2) is 15.8 Å². The lowest BCUT2D eigenvalue weighted by Gasteiger charge is -2.08. The van der Waals surface area contributed by atoms with Crippen LogP contribution in [0.4, 0.5) is 5.95 Å². The Bertz CT molecular complexity index is 284. The van der Waals surface area contributed by atoms with Crippen LogP contribution >= 0.6 is 11.8 Å². The number of aromatic nitrogens is 2. The van der Waals surface area contributed by atoms with E-state index in [9.17, 15) is 0 Å². The quantitative estimate of drug-likeness (QED) is 0.288. The zero-order valence-electron chi connectivity index (χ0n) is 7.97. The summed E-state index contributed by atoms with van der Waals surface area (Å²) in [6, 6.07) is 1.82. The SMILES string of the molecule is CC(CCO)Sc1ccnc(NN)n1. The molecule has 0 aliphatic rings. The van der Waals surface area contributed by atoms with Crippen molar-refractivity contribution in [2.75, 3.05) is 12.0 Å². The molecule has 6 heteroatoms. The van der Waals surface area contributed by atoms with Crippen molar-refractivity contribution < 1.29 is 5.11 Å². The number of nitrogens with two attached hydrogens (primary N) is 1. The molecule has 0 saturated carbocycles. The van der Waals surface area contributed by atoms with Crippen LogP contribution in [0.25, 0.3) is 0 Å². The summed E-state index contributed by atoms with van der Waals surface area (Å²) in [5.74, 6) is 5.59. The van der Waals surface area contributed by atoms with Gasteiger partial charge in [0.05, 0.1) is 0 Å². The summed E-state index contributed by atoms with van der Waals surface area (Å²) >= 11 is 1.59. The highest BCUT2D eigenvalue weighted by Gasteiger charge is 2.05. The molecule has 1 rings (SSSR count). The van der Waals surface area contributed by atoms with Crippen molar-refractivity contribution in [2.45, 2.75) is 23.6 Å². The van der Waals surface area contributed by atoms with E-state index in [-0.39, 0.29) is 6.61 Å². The van der Waals surface area contributed by atoms with Gasteiger partial charge in [0.1, 0.15) is 5.03 Å². The third kappa shape index (κ3) is 3.49. The van der Waals surface area contributed by atoms with Gasteiger partial charge in [0.15, 0.2) is 0 Å². The molecule has 1 unspecified atom stereocenters. The normalized spacial score (nSPS) is 12.5. The molecule has 0 fully saturated rings. The molecule has 14 heavy (non-hydrogen) atoms. The fourth-order valence-corrected chi connectivity index (χ4v) is 1.84. The van der Waals surface area contributed by atoms with E-state index in [1.807, 2.05) is 13.0 Å². The molecule has 1 aromatic rings. The Kier molecular flexibility index (Phi) is 4.64. The molecule has 0 aromatic carbocycles. The summed E-state index contributed by atoms with van der Waals surface area (Å²) in [7, 11) is 0. The fourth-order valence-electron chi connectivity index (χ4n) is 0.924. The minimum absolute atomic E-state index is 0.196. The number of anilines is 1. The molecule has 0 aliphatic carbocycles. The number of hydrogen-bond donors (Lipinski definition) is 3. The Labute approximate surface area is 87.1 Å². The second-order valence-electron chi connectivity index (χ2n) is 2.80. The molecule has 0 aliphatic heterocycles. The first kappa shape index (κ1) is 11.2. The molecular weight excluding hydrogens is 200 g/mol. The fraction of sp³-hybridized carbons (Fsp3) is 0.500. The molecule has 5 nitrogen and oxygen atoms in total. The second kappa shape index (κ2) is 5.79. The van der Waals surface area contributed by atoms with Crippen LogP contribution < -0.4 is 11.3 Å². The zero-order valence-corrected chi connectivity index (χ0v) is 8.79. The van der Waals surface area contributed by atoms with Crippen molar-refractivity contribution in [2.24, 2.45) is 5.84 Å². The van der Waals surface area contributed by atoms with Crippen molar-refractivity contribution in [3.63, 3.8) is 0 Å². The lowest BCUT2D eigenvalue weighted by atomic mass is 10.3. The number of rotatable bonds is 5. The third-order valence-electron chi connectivity index (χ3n) is 1.62. The number of nitrogens with one attached hydrogen (secondary N) is 1. The van der Waals surface area contributed by atoms with Crippen LogP contribution in [0.15, 0.2) is 17.3 Å². The van der Waals surface area contributed by atoms with Crippen LogP contribution in [0.2, 0.25) is 0 Å². The maximum atomic E-state index is 8.74. The number of nitrogen functional groups attached to an aromatic ring is 1. The van der Waals surface area contributed by atoms with E-state index >= 15 is 0 Å². The first-order valence-corrected chi connectivity index (χ1v) is 5.21. The molecule has 0 amide bonds.